The van der Waals surface area contributed by atoms with Gasteiger partial charge < -0.3 is 24.3 Å². The number of carbonyl (C=O) groups excluding carboxylic acids is 1. The van der Waals surface area contributed by atoms with Crippen molar-refractivity contribution in [2.24, 2.45) is 0 Å². The average molecular weight is 427 g/mol. The van der Waals surface area contributed by atoms with Gasteiger partial charge in [0.2, 0.25) is 5.75 Å². The lowest BCUT2D eigenvalue weighted by Crippen LogP contribution is -2.06. The molecule has 0 saturated carbocycles. The molecule has 3 aromatic rings. The molecule has 0 atom stereocenters. The average Bonchev–Trinajstić information content (AvgIpc) is 3.17. The van der Waals surface area contributed by atoms with E-state index in [1.165, 1.54) is 21.3 Å². The van der Waals surface area contributed by atoms with Gasteiger partial charge in [0.1, 0.15) is 0 Å². The number of fused-ring (bicyclic) bond motifs is 1. The van der Waals surface area contributed by atoms with E-state index in [1.807, 2.05) is 24.3 Å². The van der Waals surface area contributed by atoms with Gasteiger partial charge in [0, 0.05) is 28.2 Å². The third-order valence-electron chi connectivity index (χ3n) is 4.41. The van der Waals surface area contributed by atoms with Crippen LogP contribution in [-0.2, 0) is 4.79 Å². The van der Waals surface area contributed by atoms with Crippen molar-refractivity contribution in [3.63, 3.8) is 0 Å². The molecule has 0 unspecified atom stereocenters. The van der Waals surface area contributed by atoms with Crippen LogP contribution in [0.4, 0.5) is 0 Å². The van der Waals surface area contributed by atoms with Gasteiger partial charge >= 0.3 is 5.97 Å². The number of carboxylic acid groups (broad SMARTS) is 1. The number of thioether (sulfide) groups is 1. The number of nitrogens with one attached hydrogen (secondary N) is 1. The predicted octanol–water partition coefficient (Wildman–Crippen LogP) is 4.24. The van der Waals surface area contributed by atoms with Gasteiger partial charge in [-0.2, -0.15) is 0 Å². The zero-order valence-corrected chi connectivity index (χ0v) is 17.5. The molecule has 3 rings (SSSR count). The number of benzene rings is 2. The molecule has 0 aliphatic rings. The molecule has 30 heavy (non-hydrogen) atoms. The molecule has 1 aromatic heterocycles. The summed E-state index contributed by atoms with van der Waals surface area (Å²) in [5, 5.41) is 10.1. The largest absolute Gasteiger partial charge is 0.493 e. The molecule has 0 amide bonds. The number of Topliss-reactive ketones (excluding diaryl/α,β-unsaturated/α-hetero) is 1. The number of H-pyrrole nitrogens is 1. The number of aliphatic carboxylic acids is 1. The summed E-state index contributed by atoms with van der Waals surface area (Å²) in [6, 6.07) is 10.8. The molecule has 0 bridgehead atoms. The molecule has 156 valence electrons. The van der Waals surface area contributed by atoms with Crippen LogP contribution in [0.15, 0.2) is 47.5 Å². The summed E-state index contributed by atoms with van der Waals surface area (Å²) in [6.07, 6.45) is 3.48. The van der Waals surface area contributed by atoms with Gasteiger partial charge in [0.15, 0.2) is 17.3 Å². The quantitative estimate of drug-likeness (QED) is 0.389. The Bertz CT molecular complexity index is 1090. The number of carbonyl (C=O) groups is 2. The second-order valence-electron chi connectivity index (χ2n) is 6.22. The third-order valence-corrected chi connectivity index (χ3v) is 5.42. The number of methoxy groups -OCH3 is 3. The first kappa shape index (κ1) is 21.3. The molecule has 0 radical (unpaired) electrons. The molecule has 1 heterocycles. The molecular formula is C22H21NO6S. The Kier molecular flexibility index (Phi) is 6.68. The predicted molar refractivity (Wildman–Crippen MR) is 117 cm³/mol. The highest BCUT2D eigenvalue weighted by atomic mass is 32.2. The van der Waals surface area contributed by atoms with Crippen LogP contribution in [0, 0.1) is 0 Å². The van der Waals surface area contributed by atoms with E-state index in [2.05, 4.69) is 4.98 Å². The fraction of sp³-hybridized carbons (Fsp3) is 0.182. The molecular weight excluding hydrogens is 406 g/mol. The molecule has 2 N–H and O–H groups in total. The Morgan fingerprint density at radius 3 is 2.33 bits per heavy atom. The summed E-state index contributed by atoms with van der Waals surface area (Å²) in [7, 11) is 4.41. The second kappa shape index (κ2) is 9.41. The number of rotatable bonds is 9. The normalized spacial score (nSPS) is 11.4. The van der Waals surface area contributed by atoms with E-state index in [0.29, 0.717) is 22.8 Å². The maximum atomic E-state index is 13.3. The van der Waals surface area contributed by atoms with Gasteiger partial charge in [-0.15, -0.1) is 11.8 Å². The van der Waals surface area contributed by atoms with Gasteiger partial charge in [-0.25, -0.2) is 0 Å². The number of ketones is 1. The van der Waals surface area contributed by atoms with Crippen molar-refractivity contribution in [3.05, 3.63) is 58.6 Å². The maximum Gasteiger partial charge on any atom is 0.313 e. The highest BCUT2D eigenvalue weighted by molar-refractivity contribution is 8.04. The highest BCUT2D eigenvalue weighted by Gasteiger charge is 2.21. The number of hydrogen-bond acceptors (Lipinski definition) is 6. The molecule has 0 aliphatic carbocycles. The van der Waals surface area contributed by atoms with Crippen molar-refractivity contribution in [2.75, 3.05) is 27.1 Å². The van der Waals surface area contributed by atoms with Crippen LogP contribution >= 0.6 is 11.8 Å². The van der Waals surface area contributed by atoms with E-state index in [9.17, 15) is 9.59 Å². The van der Waals surface area contributed by atoms with Gasteiger partial charge in [-0.05, 0) is 24.3 Å². The van der Waals surface area contributed by atoms with Crippen LogP contribution < -0.4 is 14.2 Å². The Morgan fingerprint density at radius 1 is 1.07 bits per heavy atom. The Hall–Kier alpha value is -3.39. The summed E-state index contributed by atoms with van der Waals surface area (Å²) >= 11 is 0.962. The van der Waals surface area contributed by atoms with Crippen molar-refractivity contribution in [3.8, 4) is 17.2 Å². The van der Waals surface area contributed by atoms with E-state index in [1.54, 1.807) is 24.4 Å². The van der Waals surface area contributed by atoms with Crippen LogP contribution in [0.2, 0.25) is 0 Å². The van der Waals surface area contributed by atoms with Crippen molar-refractivity contribution >= 4 is 40.5 Å². The lowest BCUT2D eigenvalue weighted by atomic mass is 10.1. The smallest absolute Gasteiger partial charge is 0.313 e. The van der Waals surface area contributed by atoms with Gasteiger partial charge in [-0.3, -0.25) is 9.59 Å². The number of hydrogen-bond donors (Lipinski definition) is 2. The fourth-order valence-electron chi connectivity index (χ4n) is 3.02. The Labute approximate surface area is 177 Å². The van der Waals surface area contributed by atoms with Gasteiger partial charge in [-0.1, -0.05) is 18.2 Å². The number of aromatic nitrogens is 1. The lowest BCUT2D eigenvalue weighted by Gasteiger charge is -2.14. The number of aromatic amines is 1. The third kappa shape index (κ3) is 4.44. The zero-order valence-electron chi connectivity index (χ0n) is 16.7. The van der Waals surface area contributed by atoms with Crippen LogP contribution in [-0.4, -0.2) is 48.9 Å². The molecule has 0 aliphatic heterocycles. The summed E-state index contributed by atoms with van der Waals surface area (Å²) in [4.78, 5) is 27.9. The van der Waals surface area contributed by atoms with Crippen molar-refractivity contribution in [2.45, 2.75) is 0 Å². The summed E-state index contributed by atoms with van der Waals surface area (Å²) in [5.41, 5.74) is 2.01. The second-order valence-corrected chi connectivity index (χ2v) is 7.24. The maximum absolute atomic E-state index is 13.3. The first-order valence-corrected chi connectivity index (χ1v) is 9.94. The van der Waals surface area contributed by atoms with E-state index < -0.39 is 5.97 Å². The minimum Gasteiger partial charge on any atom is -0.493 e. The van der Waals surface area contributed by atoms with Crippen molar-refractivity contribution < 1.29 is 28.9 Å². The molecule has 2 aromatic carbocycles. The monoisotopic (exact) mass is 427 g/mol. The van der Waals surface area contributed by atoms with Gasteiger partial charge in [0.25, 0.3) is 0 Å². The van der Waals surface area contributed by atoms with Crippen LogP contribution in [0.3, 0.4) is 0 Å². The van der Waals surface area contributed by atoms with Crippen molar-refractivity contribution in [1.82, 2.24) is 4.98 Å². The van der Waals surface area contributed by atoms with E-state index in [4.69, 9.17) is 19.3 Å². The fourth-order valence-corrected chi connectivity index (χ4v) is 3.76. The summed E-state index contributed by atoms with van der Waals surface area (Å²) in [5.74, 6) is -0.542. The first-order valence-electron chi connectivity index (χ1n) is 8.95. The molecule has 8 heteroatoms. The molecule has 0 saturated heterocycles. The summed E-state index contributed by atoms with van der Waals surface area (Å²) < 4.78 is 16.0. The molecule has 7 nitrogen and oxygen atoms in total. The molecule has 0 spiro atoms. The molecule has 0 fully saturated rings. The van der Waals surface area contributed by atoms with E-state index in [-0.39, 0.29) is 16.4 Å². The SMILES string of the molecule is COc1cc(C(=O)/C(=C\c2c[nH]c3ccccc23)SCC(=O)O)cc(OC)c1OC. The lowest BCUT2D eigenvalue weighted by molar-refractivity contribution is -0.133. The van der Waals surface area contributed by atoms with E-state index >= 15 is 0 Å². The minimum absolute atomic E-state index is 0.246. The number of para-hydroxylation sites is 1. The van der Waals surface area contributed by atoms with Crippen molar-refractivity contribution in [1.29, 1.82) is 0 Å². The van der Waals surface area contributed by atoms with Crippen LogP contribution in [0.1, 0.15) is 15.9 Å². The van der Waals surface area contributed by atoms with E-state index in [0.717, 1.165) is 28.2 Å². The van der Waals surface area contributed by atoms with Gasteiger partial charge in [0.05, 0.1) is 32.0 Å². The highest BCUT2D eigenvalue weighted by Crippen LogP contribution is 2.39. The number of carboxylic acids is 1. The van der Waals surface area contributed by atoms with Crippen LogP contribution in [0.5, 0.6) is 17.2 Å². The standard InChI is InChI=1S/C22H21NO6S/c1-27-17-8-13(9-18(28-2)22(17)29-3)21(26)19(30-12-20(24)25)10-14-11-23-16-7-5-4-6-15(14)16/h4-11,23H,12H2,1-3H3,(H,24,25)/b19-10+. The number of ether oxygens (including phenoxy) is 3. The first-order chi connectivity index (χ1) is 14.5. The summed E-state index contributed by atoms with van der Waals surface area (Å²) in [6.45, 7) is 0. The number of allylic oxidation sites excluding steroid dienone is 1. The Morgan fingerprint density at radius 2 is 1.73 bits per heavy atom. The van der Waals surface area contributed by atoms with Crippen LogP contribution in [0.25, 0.3) is 17.0 Å². The Balaban J connectivity index is 2.08. The minimum atomic E-state index is -1.01. The zero-order chi connectivity index (χ0) is 21.7. The topological polar surface area (TPSA) is 97.9 Å².